The minimum atomic E-state index is -4.65. The average molecular weight is 1140 g/mol. The quantitative estimate of drug-likeness (QED) is 0.0432. The summed E-state index contributed by atoms with van der Waals surface area (Å²) in [4.78, 5) is 63.1. The number of ether oxygens (including phenoxy) is 2. The molecular weight excluding hydrogens is 1070 g/mol. The molecule has 5 N–H and O–H groups in total. The molecule has 2 aliphatic heterocycles. The van der Waals surface area contributed by atoms with Crippen molar-refractivity contribution in [3.05, 3.63) is 101 Å². The maximum absolute atomic E-state index is 13.8. The SMILES string of the molecule is C/C(=C\c1csc(CN=[N+]=[N-])n1)C1C/C=C(/C(F)(F)F)C/C=C/[C@H](C)[C@H](O)[C@@H](C)C(=O)C(C)(C)[C@@H](O)CC(=O)O1.C/C(=C\c1csc(CO)n1)C1C/C=C(/C(F)(F)F)C/C=C/[C@H](C)[C@H](O)[C@@H](C)C(=O)C(C)(C)[C@@H](O)CC(=O)O1. The van der Waals surface area contributed by atoms with Crippen LogP contribution in [-0.4, -0.2) is 108 Å². The number of aromatic nitrogens is 2. The maximum atomic E-state index is 13.8. The van der Waals surface area contributed by atoms with Gasteiger partial charge in [0.2, 0.25) is 0 Å². The molecule has 24 heteroatoms. The van der Waals surface area contributed by atoms with E-state index >= 15 is 0 Å². The van der Waals surface area contributed by atoms with Crippen LogP contribution in [0.3, 0.4) is 0 Å². The first-order valence-electron chi connectivity index (χ1n) is 25.1. The molecule has 4 rings (SSSR count). The summed E-state index contributed by atoms with van der Waals surface area (Å²) in [6.07, 6.45) is -9.01. The van der Waals surface area contributed by atoms with Crippen molar-refractivity contribution >= 4 is 58.3 Å². The number of rotatable bonds is 7. The molecule has 78 heavy (non-hydrogen) atoms. The lowest BCUT2D eigenvalue weighted by atomic mass is 9.73. The number of allylic oxidation sites excluding steroid dienone is 4. The third-order valence-corrected chi connectivity index (χ3v) is 15.6. The number of esters is 2. The number of azide groups is 1. The van der Waals surface area contributed by atoms with Gasteiger partial charge in [0.15, 0.2) is 0 Å². The Morgan fingerprint density at radius 3 is 1.42 bits per heavy atom. The predicted molar refractivity (Wildman–Crippen MR) is 283 cm³/mol. The van der Waals surface area contributed by atoms with E-state index in [1.165, 1.54) is 88.5 Å². The van der Waals surface area contributed by atoms with Gasteiger partial charge < -0.3 is 35.0 Å². The summed E-state index contributed by atoms with van der Waals surface area (Å²) < 4.78 is 93.8. The fourth-order valence-corrected chi connectivity index (χ4v) is 9.74. The van der Waals surface area contributed by atoms with Gasteiger partial charge in [0, 0.05) is 63.3 Å². The Morgan fingerprint density at radius 1 is 0.705 bits per heavy atom. The molecule has 0 spiro atoms. The molecule has 4 heterocycles. The van der Waals surface area contributed by atoms with Crippen LogP contribution in [0.1, 0.15) is 129 Å². The van der Waals surface area contributed by atoms with Crippen LogP contribution in [0, 0.1) is 34.5 Å². The highest BCUT2D eigenvalue weighted by Crippen LogP contribution is 2.36. The van der Waals surface area contributed by atoms with Crippen LogP contribution in [0.15, 0.2) is 74.6 Å². The summed E-state index contributed by atoms with van der Waals surface area (Å²) in [5.74, 6) is -5.93. The van der Waals surface area contributed by atoms with Crippen molar-refractivity contribution in [2.45, 2.75) is 170 Å². The number of hydrogen-bond donors (Lipinski definition) is 5. The van der Waals surface area contributed by atoms with Crippen molar-refractivity contribution in [1.82, 2.24) is 9.97 Å². The first-order valence-corrected chi connectivity index (χ1v) is 26.8. The van der Waals surface area contributed by atoms with E-state index < -0.39 is 144 Å². The predicted octanol–water partition coefficient (Wildman–Crippen LogP) is 10.9. The largest absolute Gasteiger partial charge is 0.457 e. The number of carbonyl (C=O) groups is 4. The van der Waals surface area contributed by atoms with Gasteiger partial charge in [0.1, 0.15) is 28.8 Å². The summed E-state index contributed by atoms with van der Waals surface area (Å²) in [7, 11) is 0. The van der Waals surface area contributed by atoms with Gasteiger partial charge >= 0.3 is 24.3 Å². The highest BCUT2D eigenvalue weighted by molar-refractivity contribution is 7.10. The summed E-state index contributed by atoms with van der Waals surface area (Å²) in [6, 6.07) is 0. The Bertz CT molecular complexity index is 2630. The normalized spacial score (nSPS) is 30.2. The molecule has 0 aromatic carbocycles. The van der Waals surface area contributed by atoms with Crippen LogP contribution in [0.4, 0.5) is 26.3 Å². The molecule has 2 aromatic rings. The standard InChI is InChI=1S/C27H35F3N4O5S.C27H36F3NO6S/c1-15-7-6-8-18(27(28,29)30)9-10-20(16(2)11-19-14-40-22(33-19)13-32-34-31)39-23(36)12-21(35)26(4,5)25(38)17(3)24(15)37;1-15-7-6-8-18(27(28,29)30)9-10-20(16(2)11-19-14-38-22(13-32)31-19)37-23(34)12-21(33)26(4,5)25(36)17(3)24(15)35/h6-7,9,11,14-15,17,20-21,24,35,37H,8,10,12-13H2,1-5H3;6-7,9,11,14-15,17,20-21,24,32-33,35H,8,10,12-13H2,1-5H3/b2*7-6+,16-11+,18-9+/t2*15-,17+,20?,21-,24-/m00/s1. The first-order chi connectivity index (χ1) is 36.1. The lowest BCUT2D eigenvalue weighted by Crippen LogP contribution is -2.45. The van der Waals surface area contributed by atoms with Crippen molar-refractivity contribution in [3.8, 4) is 0 Å². The van der Waals surface area contributed by atoms with Crippen LogP contribution in [0.2, 0.25) is 0 Å². The Balaban J connectivity index is 0.000000411. The van der Waals surface area contributed by atoms with Gasteiger partial charge in [-0.1, -0.05) is 97.0 Å². The smallest absolute Gasteiger partial charge is 0.412 e. The highest BCUT2D eigenvalue weighted by Gasteiger charge is 2.44. The first kappa shape index (κ1) is 66.9. The Hall–Kier alpha value is -5.33. The molecular formula is C54H71F6N5O11S2. The minimum absolute atomic E-state index is 0.0400. The Labute approximate surface area is 458 Å². The fourth-order valence-electron chi connectivity index (χ4n) is 8.46. The van der Waals surface area contributed by atoms with Crippen molar-refractivity contribution in [3.63, 3.8) is 0 Å². The van der Waals surface area contributed by atoms with Crippen LogP contribution < -0.4 is 0 Å². The number of nitrogens with zero attached hydrogens (tertiary/aromatic N) is 5. The molecule has 0 saturated heterocycles. The van der Waals surface area contributed by atoms with Crippen LogP contribution >= 0.6 is 22.7 Å². The number of hydrogen-bond acceptors (Lipinski definition) is 16. The number of ketones is 2. The summed E-state index contributed by atoms with van der Waals surface area (Å²) in [5, 5.41) is 59.9. The Kier molecular flexibility index (Phi) is 25.1. The number of halogens is 6. The topological polar surface area (TPSA) is 262 Å². The summed E-state index contributed by atoms with van der Waals surface area (Å²) in [5.41, 5.74) is 5.69. The van der Waals surface area contributed by atoms with E-state index in [0.717, 1.165) is 12.2 Å². The fraction of sp³-hybridized carbons (Fsp3) is 0.593. The lowest BCUT2D eigenvalue weighted by Gasteiger charge is -2.34. The number of thiazole rings is 2. The van der Waals surface area contributed by atoms with Crippen molar-refractivity contribution in [2.75, 3.05) is 0 Å². The van der Waals surface area contributed by atoms with Gasteiger partial charge in [-0.25, -0.2) is 9.97 Å². The zero-order chi connectivity index (χ0) is 59.1. The summed E-state index contributed by atoms with van der Waals surface area (Å²) >= 11 is 2.44. The molecule has 0 radical (unpaired) electrons. The molecule has 2 unspecified atom stereocenters. The number of aliphatic hydroxyl groups is 5. The molecule has 0 amide bonds. The molecule has 0 fully saturated rings. The molecule has 0 aliphatic carbocycles. The molecule has 0 saturated carbocycles. The average Bonchev–Trinajstić information content (AvgIpc) is 4.02. The van der Waals surface area contributed by atoms with E-state index in [4.69, 9.17) is 15.0 Å². The van der Waals surface area contributed by atoms with E-state index in [0.29, 0.717) is 32.5 Å². The van der Waals surface area contributed by atoms with Gasteiger partial charge in [-0.3, -0.25) is 19.2 Å². The van der Waals surface area contributed by atoms with E-state index in [1.807, 2.05) is 0 Å². The molecule has 2 aromatic heterocycles. The molecule has 432 valence electrons. The van der Waals surface area contributed by atoms with Crippen LogP contribution in [-0.2, 0) is 41.8 Å². The number of cyclic esters (lactones) is 2. The third kappa shape index (κ3) is 19.5. The van der Waals surface area contributed by atoms with E-state index in [9.17, 15) is 71.1 Å². The number of alkyl halides is 6. The molecule has 16 nitrogen and oxygen atoms in total. The van der Waals surface area contributed by atoms with Crippen molar-refractivity contribution in [1.29, 1.82) is 0 Å². The van der Waals surface area contributed by atoms with Gasteiger partial charge in [-0.05, 0) is 55.5 Å². The van der Waals surface area contributed by atoms with E-state index in [1.54, 1.807) is 50.6 Å². The number of aliphatic hydroxyl groups excluding tert-OH is 5. The van der Waals surface area contributed by atoms with Gasteiger partial charge in [-0.2, -0.15) is 26.3 Å². The molecule has 2 aliphatic rings. The summed E-state index contributed by atoms with van der Waals surface area (Å²) in [6.45, 7) is 15.0. The lowest BCUT2D eigenvalue weighted by molar-refractivity contribution is -0.155. The number of carbonyl (C=O) groups excluding carboxylic acids is 4. The molecule has 10 atom stereocenters. The second kappa shape index (κ2) is 29.2. The maximum Gasteiger partial charge on any atom is 0.412 e. The third-order valence-electron chi connectivity index (χ3n) is 13.9. The van der Waals surface area contributed by atoms with E-state index in [2.05, 4.69) is 20.0 Å². The highest BCUT2D eigenvalue weighted by atomic mass is 32.1. The monoisotopic (exact) mass is 1140 g/mol. The van der Waals surface area contributed by atoms with Gasteiger partial charge in [0.25, 0.3) is 0 Å². The van der Waals surface area contributed by atoms with Crippen molar-refractivity contribution < 1.29 is 80.5 Å². The number of Topliss-reactive ketones (excluding diaryl/α,β-unsaturated/α-hetero) is 2. The van der Waals surface area contributed by atoms with Gasteiger partial charge in [0.05, 0.1) is 77.6 Å². The van der Waals surface area contributed by atoms with Gasteiger partial charge in [-0.15, -0.1) is 22.7 Å². The van der Waals surface area contributed by atoms with Crippen molar-refractivity contribution in [2.24, 2.45) is 39.6 Å². The zero-order valence-corrected chi connectivity index (χ0v) is 46.8. The van der Waals surface area contributed by atoms with Crippen LogP contribution in [0.25, 0.3) is 22.6 Å². The second-order valence-corrected chi connectivity index (χ2v) is 22.6. The zero-order valence-electron chi connectivity index (χ0n) is 45.2. The Morgan fingerprint density at radius 2 is 1.08 bits per heavy atom. The van der Waals surface area contributed by atoms with Crippen LogP contribution in [0.5, 0.6) is 0 Å². The minimum Gasteiger partial charge on any atom is -0.457 e. The second-order valence-electron chi connectivity index (χ2n) is 20.7. The van der Waals surface area contributed by atoms with E-state index in [-0.39, 0.29) is 26.0 Å². The molecule has 0 bridgehead atoms.